The second kappa shape index (κ2) is 9.47. The van der Waals surface area contributed by atoms with Crippen molar-refractivity contribution in [2.45, 2.75) is 18.4 Å². The van der Waals surface area contributed by atoms with Crippen molar-refractivity contribution in [3.05, 3.63) is 65.7 Å². The predicted octanol–water partition coefficient (Wildman–Crippen LogP) is 2.27. The Morgan fingerprint density at radius 1 is 1.08 bits per heavy atom. The molecule has 0 fully saturated rings. The van der Waals surface area contributed by atoms with Crippen LogP contribution in [0, 0.1) is 0 Å². The SMILES string of the molecule is CCNS(=O)(=O)c1ccc(C(=O)N(CCOC)Cc2ccccc2)cc1. The highest BCUT2D eigenvalue weighted by Gasteiger charge is 2.18. The van der Waals surface area contributed by atoms with Crippen LogP contribution in [-0.2, 0) is 21.3 Å². The van der Waals surface area contributed by atoms with Gasteiger partial charge in [0, 0.05) is 32.3 Å². The van der Waals surface area contributed by atoms with E-state index in [4.69, 9.17) is 4.74 Å². The Balaban J connectivity index is 2.19. The lowest BCUT2D eigenvalue weighted by atomic mass is 10.1. The number of rotatable bonds is 9. The van der Waals surface area contributed by atoms with Crippen molar-refractivity contribution in [1.29, 1.82) is 0 Å². The van der Waals surface area contributed by atoms with Gasteiger partial charge in [-0.2, -0.15) is 0 Å². The molecule has 0 aliphatic carbocycles. The van der Waals surface area contributed by atoms with Crippen LogP contribution in [0.3, 0.4) is 0 Å². The summed E-state index contributed by atoms with van der Waals surface area (Å²) in [7, 11) is -1.94. The molecule has 0 spiro atoms. The van der Waals surface area contributed by atoms with Crippen LogP contribution in [-0.4, -0.2) is 46.0 Å². The molecule has 2 aromatic carbocycles. The molecule has 0 bridgehead atoms. The second-order valence-corrected chi connectivity index (χ2v) is 7.50. The maximum absolute atomic E-state index is 12.8. The minimum absolute atomic E-state index is 0.141. The summed E-state index contributed by atoms with van der Waals surface area (Å²) in [6.07, 6.45) is 0. The molecule has 0 saturated heterocycles. The van der Waals surface area contributed by atoms with Gasteiger partial charge < -0.3 is 9.64 Å². The Labute approximate surface area is 154 Å². The number of nitrogens with zero attached hydrogens (tertiary/aromatic N) is 1. The summed E-state index contributed by atoms with van der Waals surface area (Å²) in [5, 5.41) is 0. The van der Waals surface area contributed by atoms with Crippen LogP contribution in [0.2, 0.25) is 0 Å². The van der Waals surface area contributed by atoms with Crippen LogP contribution >= 0.6 is 0 Å². The Morgan fingerprint density at radius 2 is 1.73 bits per heavy atom. The van der Waals surface area contributed by atoms with Gasteiger partial charge in [0.15, 0.2) is 0 Å². The molecule has 7 heteroatoms. The van der Waals surface area contributed by atoms with Gasteiger partial charge in [0.25, 0.3) is 5.91 Å². The number of benzene rings is 2. The third-order valence-electron chi connectivity index (χ3n) is 3.81. The maximum Gasteiger partial charge on any atom is 0.254 e. The first kappa shape index (κ1) is 20.1. The Kier molecular flexibility index (Phi) is 7.32. The molecule has 6 nitrogen and oxygen atoms in total. The molecule has 0 atom stereocenters. The monoisotopic (exact) mass is 376 g/mol. The van der Waals surface area contributed by atoms with Gasteiger partial charge in [0.05, 0.1) is 11.5 Å². The number of amides is 1. The second-order valence-electron chi connectivity index (χ2n) is 5.73. The Morgan fingerprint density at radius 3 is 2.31 bits per heavy atom. The molecule has 1 amide bonds. The van der Waals surface area contributed by atoms with Gasteiger partial charge in [0.1, 0.15) is 0 Å². The molecule has 0 heterocycles. The number of hydrogen-bond acceptors (Lipinski definition) is 4. The van der Waals surface area contributed by atoms with Crippen LogP contribution in [0.1, 0.15) is 22.8 Å². The number of ether oxygens (including phenoxy) is 1. The summed E-state index contributed by atoms with van der Waals surface area (Å²) < 4.78 is 31.5. The number of hydrogen-bond donors (Lipinski definition) is 1. The molecule has 140 valence electrons. The summed E-state index contributed by atoms with van der Waals surface area (Å²) in [4.78, 5) is 14.7. The van der Waals surface area contributed by atoms with Gasteiger partial charge in [-0.05, 0) is 29.8 Å². The minimum atomic E-state index is -3.53. The molecule has 0 aromatic heterocycles. The fraction of sp³-hybridized carbons (Fsp3) is 0.316. The molecule has 0 unspecified atom stereocenters. The molecular formula is C19H24N2O4S. The zero-order chi connectivity index (χ0) is 19.0. The van der Waals surface area contributed by atoms with Gasteiger partial charge in [-0.1, -0.05) is 37.3 Å². The van der Waals surface area contributed by atoms with Crippen LogP contribution in [0.4, 0.5) is 0 Å². The van der Waals surface area contributed by atoms with Gasteiger partial charge in [-0.25, -0.2) is 13.1 Å². The molecular weight excluding hydrogens is 352 g/mol. The first-order valence-corrected chi connectivity index (χ1v) is 9.88. The summed E-state index contributed by atoms with van der Waals surface area (Å²) >= 11 is 0. The Bertz CT molecular complexity index is 805. The highest BCUT2D eigenvalue weighted by atomic mass is 32.2. The van der Waals surface area contributed by atoms with E-state index in [0.717, 1.165) is 5.56 Å². The van der Waals surface area contributed by atoms with Crippen LogP contribution in [0.5, 0.6) is 0 Å². The van der Waals surface area contributed by atoms with E-state index in [-0.39, 0.29) is 10.8 Å². The molecule has 2 aromatic rings. The standard InChI is InChI=1S/C19H24N2O4S/c1-3-20-26(23,24)18-11-9-17(10-12-18)19(22)21(13-14-25-2)15-16-7-5-4-6-8-16/h4-12,20H,3,13-15H2,1-2H3. The van der Waals surface area contributed by atoms with Crippen LogP contribution < -0.4 is 4.72 Å². The number of sulfonamides is 1. The minimum Gasteiger partial charge on any atom is -0.383 e. The van der Waals surface area contributed by atoms with Crippen LogP contribution in [0.15, 0.2) is 59.5 Å². The van der Waals surface area contributed by atoms with Gasteiger partial charge in [0.2, 0.25) is 10.0 Å². The third-order valence-corrected chi connectivity index (χ3v) is 5.38. The summed E-state index contributed by atoms with van der Waals surface area (Å²) in [5.41, 5.74) is 1.45. The lowest BCUT2D eigenvalue weighted by Gasteiger charge is -2.23. The largest absolute Gasteiger partial charge is 0.383 e. The van der Waals surface area contributed by atoms with E-state index in [1.807, 2.05) is 30.3 Å². The number of methoxy groups -OCH3 is 1. The quantitative estimate of drug-likeness (QED) is 0.728. The summed E-state index contributed by atoms with van der Waals surface area (Å²) in [6, 6.07) is 15.7. The van der Waals surface area contributed by atoms with Crippen LogP contribution in [0.25, 0.3) is 0 Å². The van der Waals surface area contributed by atoms with E-state index >= 15 is 0 Å². The number of nitrogens with one attached hydrogen (secondary N) is 1. The van der Waals surface area contributed by atoms with Crippen molar-refractivity contribution in [2.75, 3.05) is 26.8 Å². The fourth-order valence-corrected chi connectivity index (χ4v) is 3.53. The van der Waals surface area contributed by atoms with Crippen molar-refractivity contribution in [2.24, 2.45) is 0 Å². The van der Waals surface area contributed by atoms with Gasteiger partial charge >= 0.3 is 0 Å². The van der Waals surface area contributed by atoms with Crippen molar-refractivity contribution in [3.8, 4) is 0 Å². The van der Waals surface area contributed by atoms with E-state index in [0.29, 0.717) is 31.8 Å². The zero-order valence-corrected chi connectivity index (χ0v) is 15.8. The van der Waals surface area contributed by atoms with Gasteiger partial charge in [-0.3, -0.25) is 4.79 Å². The molecule has 26 heavy (non-hydrogen) atoms. The van der Waals surface area contributed by atoms with E-state index in [2.05, 4.69) is 4.72 Å². The topological polar surface area (TPSA) is 75.7 Å². The predicted molar refractivity (Wildman–Crippen MR) is 100 cm³/mol. The number of carbonyl (C=O) groups excluding carboxylic acids is 1. The third kappa shape index (κ3) is 5.39. The molecule has 0 saturated carbocycles. The maximum atomic E-state index is 12.8. The van der Waals surface area contributed by atoms with Crippen molar-refractivity contribution in [3.63, 3.8) is 0 Å². The summed E-state index contributed by atoms with van der Waals surface area (Å²) in [5.74, 6) is -0.168. The van der Waals surface area contributed by atoms with Crippen molar-refractivity contribution < 1.29 is 17.9 Å². The zero-order valence-electron chi connectivity index (χ0n) is 15.0. The average Bonchev–Trinajstić information content (AvgIpc) is 2.65. The summed E-state index contributed by atoms with van der Waals surface area (Å²) in [6.45, 7) is 3.35. The first-order chi connectivity index (χ1) is 12.5. The average molecular weight is 376 g/mol. The van der Waals surface area contributed by atoms with E-state index in [9.17, 15) is 13.2 Å². The van der Waals surface area contributed by atoms with Crippen molar-refractivity contribution >= 4 is 15.9 Å². The molecule has 0 radical (unpaired) electrons. The van der Waals surface area contributed by atoms with E-state index < -0.39 is 10.0 Å². The first-order valence-electron chi connectivity index (χ1n) is 8.39. The van der Waals surface area contributed by atoms with Crippen molar-refractivity contribution in [1.82, 2.24) is 9.62 Å². The smallest absolute Gasteiger partial charge is 0.254 e. The molecule has 0 aliphatic heterocycles. The van der Waals surface area contributed by atoms with E-state index in [1.165, 1.54) is 24.3 Å². The molecule has 0 aliphatic rings. The Hall–Kier alpha value is -2.22. The lowest BCUT2D eigenvalue weighted by molar-refractivity contribution is 0.0680. The molecule has 2 rings (SSSR count). The lowest BCUT2D eigenvalue weighted by Crippen LogP contribution is -2.33. The van der Waals surface area contributed by atoms with E-state index in [1.54, 1.807) is 18.9 Å². The van der Waals surface area contributed by atoms with Gasteiger partial charge in [-0.15, -0.1) is 0 Å². The fourth-order valence-electron chi connectivity index (χ4n) is 2.49. The molecule has 1 N–H and O–H groups in total. The normalized spacial score (nSPS) is 11.3. The number of carbonyl (C=O) groups is 1. The highest BCUT2D eigenvalue weighted by molar-refractivity contribution is 7.89. The highest BCUT2D eigenvalue weighted by Crippen LogP contribution is 2.14.